The maximum absolute atomic E-state index is 11.1. The van der Waals surface area contributed by atoms with Crippen molar-refractivity contribution >= 4 is 27.3 Å². The lowest BCUT2D eigenvalue weighted by atomic mass is 10.4. The minimum atomic E-state index is -3.39. The molecule has 1 aromatic heterocycles. The summed E-state index contributed by atoms with van der Waals surface area (Å²) in [5.74, 6) is -0.641. The van der Waals surface area contributed by atoms with Crippen molar-refractivity contribution in [3.63, 3.8) is 0 Å². The van der Waals surface area contributed by atoms with Crippen molar-refractivity contribution in [1.82, 2.24) is 14.7 Å². The summed E-state index contributed by atoms with van der Waals surface area (Å²) in [5, 5.41) is 13.3. The van der Waals surface area contributed by atoms with Crippen molar-refractivity contribution in [2.24, 2.45) is 0 Å². The molecule has 0 aliphatic rings. The number of nitro groups is 1. The van der Waals surface area contributed by atoms with Gasteiger partial charge < -0.3 is 11.1 Å². The normalized spacial score (nSPS) is 11.2. The number of anilines is 2. The summed E-state index contributed by atoms with van der Waals surface area (Å²) in [6, 6.07) is 0. The molecule has 0 bridgehead atoms. The van der Waals surface area contributed by atoms with Crippen molar-refractivity contribution < 1.29 is 13.3 Å². The number of rotatable bonds is 6. The average molecular weight is 276 g/mol. The van der Waals surface area contributed by atoms with Gasteiger partial charge in [-0.05, 0) is 7.05 Å². The molecule has 0 atom stereocenters. The molecule has 0 unspecified atom stereocenters. The van der Waals surface area contributed by atoms with E-state index < -0.39 is 20.6 Å². The van der Waals surface area contributed by atoms with Gasteiger partial charge in [0.2, 0.25) is 21.7 Å². The molecule has 0 aliphatic heterocycles. The largest absolute Gasteiger partial charge is 0.378 e. The smallest absolute Gasteiger partial charge is 0.352 e. The molecule has 0 aromatic carbocycles. The van der Waals surface area contributed by atoms with Crippen molar-refractivity contribution in [3.05, 3.63) is 16.4 Å². The van der Waals surface area contributed by atoms with E-state index in [0.717, 1.165) is 6.33 Å². The first-order chi connectivity index (χ1) is 8.37. The number of nitrogens with one attached hydrogen (secondary N) is 2. The van der Waals surface area contributed by atoms with E-state index in [9.17, 15) is 18.5 Å². The molecule has 1 aromatic rings. The van der Waals surface area contributed by atoms with E-state index >= 15 is 0 Å². The zero-order valence-electron chi connectivity index (χ0n) is 9.45. The first-order valence-electron chi connectivity index (χ1n) is 4.77. The average Bonchev–Trinajstić information content (AvgIpc) is 2.28. The zero-order valence-corrected chi connectivity index (χ0v) is 10.3. The van der Waals surface area contributed by atoms with E-state index in [-0.39, 0.29) is 23.9 Å². The lowest BCUT2D eigenvalue weighted by molar-refractivity contribution is -0.383. The molecule has 18 heavy (non-hydrogen) atoms. The molecule has 100 valence electrons. The van der Waals surface area contributed by atoms with Gasteiger partial charge in [0.05, 0.1) is 10.7 Å². The second kappa shape index (κ2) is 5.55. The van der Waals surface area contributed by atoms with Gasteiger partial charge in [0.25, 0.3) is 0 Å². The first kappa shape index (κ1) is 14.1. The highest BCUT2D eigenvalue weighted by atomic mass is 32.2. The van der Waals surface area contributed by atoms with Gasteiger partial charge in [-0.15, -0.1) is 0 Å². The van der Waals surface area contributed by atoms with Gasteiger partial charge in [0.15, 0.2) is 0 Å². The summed E-state index contributed by atoms with van der Waals surface area (Å²) in [5.41, 5.74) is 4.87. The summed E-state index contributed by atoms with van der Waals surface area (Å²) < 4.78 is 24.4. The van der Waals surface area contributed by atoms with Crippen LogP contribution in [0.2, 0.25) is 0 Å². The molecular weight excluding hydrogens is 264 g/mol. The maximum atomic E-state index is 11.1. The minimum Gasteiger partial charge on any atom is -0.378 e. The van der Waals surface area contributed by atoms with Crippen LogP contribution in [-0.2, 0) is 10.0 Å². The molecule has 4 N–H and O–H groups in total. The third-order valence-corrected chi connectivity index (χ3v) is 3.37. The molecule has 0 amide bonds. The molecule has 10 nitrogen and oxygen atoms in total. The Morgan fingerprint density at radius 3 is 2.72 bits per heavy atom. The highest BCUT2D eigenvalue weighted by Gasteiger charge is 2.20. The Hall–Kier alpha value is -2.01. The highest BCUT2D eigenvalue weighted by Crippen LogP contribution is 2.25. The van der Waals surface area contributed by atoms with Crippen LogP contribution in [-0.4, -0.2) is 42.7 Å². The third kappa shape index (κ3) is 3.49. The van der Waals surface area contributed by atoms with Gasteiger partial charge in [-0.1, -0.05) is 0 Å². The number of sulfonamides is 1. The second-order valence-corrected chi connectivity index (χ2v) is 5.21. The van der Waals surface area contributed by atoms with E-state index in [1.807, 2.05) is 0 Å². The molecule has 0 fully saturated rings. The number of nitrogens with zero attached hydrogens (tertiary/aromatic N) is 3. The van der Waals surface area contributed by atoms with Crippen LogP contribution in [0.5, 0.6) is 0 Å². The number of nitrogens with two attached hydrogens (primary N) is 1. The first-order valence-corrected chi connectivity index (χ1v) is 6.42. The van der Waals surface area contributed by atoms with Crippen molar-refractivity contribution in [2.75, 3.05) is 30.4 Å². The Morgan fingerprint density at radius 2 is 2.17 bits per heavy atom. The monoisotopic (exact) mass is 276 g/mol. The zero-order chi connectivity index (χ0) is 13.8. The van der Waals surface area contributed by atoms with Crippen LogP contribution >= 0.6 is 0 Å². The van der Waals surface area contributed by atoms with Crippen molar-refractivity contribution in [2.45, 2.75) is 0 Å². The summed E-state index contributed by atoms with van der Waals surface area (Å²) in [6.07, 6.45) is 1.05. The highest BCUT2D eigenvalue weighted by molar-refractivity contribution is 7.89. The lowest BCUT2D eigenvalue weighted by Gasteiger charge is -2.06. The van der Waals surface area contributed by atoms with Crippen LogP contribution in [0, 0.1) is 10.1 Å². The van der Waals surface area contributed by atoms with Crippen LogP contribution in [0.1, 0.15) is 0 Å². The second-order valence-electron chi connectivity index (χ2n) is 3.16. The Balaban J connectivity index is 2.80. The minimum absolute atomic E-state index is 0.0412. The van der Waals surface area contributed by atoms with Crippen molar-refractivity contribution in [1.29, 1.82) is 0 Å². The van der Waals surface area contributed by atoms with E-state index in [4.69, 9.17) is 5.73 Å². The maximum Gasteiger partial charge on any atom is 0.352 e. The predicted octanol–water partition coefficient (Wildman–Crippen LogP) is -1.07. The fraction of sp³-hybridized carbons (Fsp3) is 0.429. The topological polar surface area (TPSA) is 153 Å². The van der Waals surface area contributed by atoms with Crippen LogP contribution in [0.15, 0.2) is 6.33 Å². The molecular formula is C7H12N6O4S. The van der Waals surface area contributed by atoms with E-state index in [2.05, 4.69) is 20.0 Å². The molecule has 1 heterocycles. The molecule has 11 heteroatoms. The standard InChI is InChI=1S/C7H12N6O4S/c1-9-18(16,17)3-2-10-7-5(13(14)15)6(8)11-4-12-7/h4,9H,2-3H2,1H3,(H3,8,10,11,12). The molecule has 0 radical (unpaired) electrons. The number of hydrogen-bond donors (Lipinski definition) is 3. The number of hydrogen-bond acceptors (Lipinski definition) is 8. The molecule has 0 spiro atoms. The molecule has 0 saturated heterocycles. The van der Waals surface area contributed by atoms with Gasteiger partial charge in [0.1, 0.15) is 6.33 Å². The number of nitrogen functional groups attached to an aromatic ring is 1. The van der Waals surface area contributed by atoms with Crippen LogP contribution in [0.4, 0.5) is 17.3 Å². The Labute approximate surface area is 103 Å². The van der Waals surface area contributed by atoms with Gasteiger partial charge in [-0.3, -0.25) is 10.1 Å². The van der Waals surface area contributed by atoms with Gasteiger partial charge in [-0.2, -0.15) is 0 Å². The number of aromatic nitrogens is 2. The van der Waals surface area contributed by atoms with Crippen molar-refractivity contribution in [3.8, 4) is 0 Å². The van der Waals surface area contributed by atoms with E-state index in [1.165, 1.54) is 7.05 Å². The predicted molar refractivity (Wildman–Crippen MR) is 64.4 cm³/mol. The van der Waals surface area contributed by atoms with Gasteiger partial charge in [-0.25, -0.2) is 23.1 Å². The SMILES string of the molecule is CNS(=O)(=O)CCNc1ncnc(N)c1[N+](=O)[O-]. The fourth-order valence-corrected chi connectivity index (χ4v) is 1.68. The van der Waals surface area contributed by atoms with Gasteiger partial charge >= 0.3 is 5.69 Å². The summed E-state index contributed by atoms with van der Waals surface area (Å²) in [7, 11) is -2.11. The molecule has 1 rings (SSSR count). The molecule has 0 aliphatic carbocycles. The van der Waals surface area contributed by atoms with Gasteiger partial charge in [0, 0.05) is 6.54 Å². The third-order valence-electron chi connectivity index (χ3n) is 2.01. The van der Waals surface area contributed by atoms with Crippen LogP contribution in [0.3, 0.4) is 0 Å². The molecule has 0 saturated carbocycles. The lowest BCUT2D eigenvalue weighted by Crippen LogP contribution is -2.26. The quantitative estimate of drug-likeness (QED) is 0.438. The van der Waals surface area contributed by atoms with E-state index in [1.54, 1.807) is 0 Å². The van der Waals surface area contributed by atoms with E-state index in [0.29, 0.717) is 0 Å². The summed E-state index contributed by atoms with van der Waals surface area (Å²) in [4.78, 5) is 17.1. The Kier molecular flexibility index (Phi) is 4.33. The Morgan fingerprint density at radius 1 is 1.50 bits per heavy atom. The Bertz CT molecular complexity index is 545. The fourth-order valence-electron chi connectivity index (χ4n) is 1.11. The summed E-state index contributed by atoms with van der Waals surface area (Å²) >= 11 is 0. The summed E-state index contributed by atoms with van der Waals surface area (Å²) in [6.45, 7) is -0.0412. The van der Waals surface area contributed by atoms with Crippen LogP contribution in [0.25, 0.3) is 0 Å². The van der Waals surface area contributed by atoms with Crippen LogP contribution < -0.4 is 15.8 Å².